The third-order valence-electron chi connectivity index (χ3n) is 7.16. The number of nitrogens with two attached hydrogens (primary N) is 1. The molecule has 0 amide bonds. The molecule has 2 atom stereocenters. The third kappa shape index (κ3) is 6.89. The van der Waals surface area contributed by atoms with Crippen LogP contribution in [0.1, 0.15) is 51.5 Å². The summed E-state index contributed by atoms with van der Waals surface area (Å²) in [6, 6.07) is 29.7. The fourth-order valence-electron chi connectivity index (χ4n) is 5.07. The summed E-state index contributed by atoms with van der Waals surface area (Å²) in [6.07, 6.45) is 17.7. The first-order valence-corrected chi connectivity index (χ1v) is 14.2. The first-order chi connectivity index (χ1) is 21.1. The number of pyridine rings is 4. The van der Waals surface area contributed by atoms with E-state index < -0.39 is 0 Å². The summed E-state index contributed by atoms with van der Waals surface area (Å²) < 4.78 is 0. The van der Waals surface area contributed by atoms with Gasteiger partial charge in [-0.25, -0.2) is 0 Å². The van der Waals surface area contributed by atoms with Crippen LogP contribution in [-0.2, 0) is 0 Å². The highest BCUT2D eigenvalue weighted by atomic mass is 15.0. The zero-order valence-corrected chi connectivity index (χ0v) is 23.9. The van der Waals surface area contributed by atoms with Crippen molar-refractivity contribution in [1.29, 1.82) is 0 Å². The topological polar surface area (TPSA) is 89.6 Å². The Morgan fingerprint density at radius 1 is 0.814 bits per heavy atom. The van der Waals surface area contributed by atoms with Crippen molar-refractivity contribution in [2.75, 3.05) is 0 Å². The van der Waals surface area contributed by atoms with Gasteiger partial charge >= 0.3 is 0 Å². The van der Waals surface area contributed by atoms with Gasteiger partial charge in [0.15, 0.2) is 0 Å². The van der Waals surface area contributed by atoms with Gasteiger partial charge in [-0.05, 0) is 108 Å². The molecule has 6 nitrogen and oxygen atoms in total. The lowest BCUT2D eigenvalue weighted by atomic mass is 9.91. The Bertz CT molecular complexity index is 1770. The summed E-state index contributed by atoms with van der Waals surface area (Å²) in [5.74, 6) is 0. The molecular weight excluding hydrogens is 528 g/mol. The largest absolute Gasteiger partial charge is 0.371 e. The van der Waals surface area contributed by atoms with Crippen LogP contribution in [-0.4, -0.2) is 19.9 Å². The Labute approximate surface area is 252 Å². The molecule has 0 saturated carbocycles. The van der Waals surface area contributed by atoms with Gasteiger partial charge in [-0.15, -0.1) is 0 Å². The lowest BCUT2D eigenvalue weighted by molar-refractivity contribution is 0.736. The third-order valence-corrected chi connectivity index (χ3v) is 7.16. The number of hydrogen-bond donors (Lipinski definition) is 2. The van der Waals surface area contributed by atoms with Gasteiger partial charge in [0.05, 0.1) is 40.6 Å². The van der Waals surface area contributed by atoms with Crippen LogP contribution < -0.4 is 11.1 Å². The number of hydrogen-bond acceptors (Lipinski definition) is 6. The molecule has 1 aliphatic heterocycles. The van der Waals surface area contributed by atoms with Gasteiger partial charge in [0.25, 0.3) is 0 Å². The van der Waals surface area contributed by atoms with Crippen LogP contribution in [0.3, 0.4) is 0 Å². The summed E-state index contributed by atoms with van der Waals surface area (Å²) in [5, 5.41) is 3.63. The molecular formula is C37H32N6. The number of allylic oxidation sites excluding steroid dienone is 4. The van der Waals surface area contributed by atoms with Crippen LogP contribution in [0.15, 0.2) is 140 Å². The maximum Gasteiger partial charge on any atom is 0.0879 e. The highest BCUT2D eigenvalue weighted by Gasteiger charge is 2.20. The fourth-order valence-corrected chi connectivity index (χ4v) is 5.07. The van der Waals surface area contributed by atoms with Crippen molar-refractivity contribution in [2.45, 2.75) is 19.0 Å². The second kappa shape index (κ2) is 13.0. The average molecular weight is 561 g/mol. The van der Waals surface area contributed by atoms with Crippen LogP contribution in [0, 0.1) is 6.92 Å². The number of nitrogens with one attached hydrogen (secondary N) is 1. The minimum atomic E-state index is -0.379. The highest BCUT2D eigenvalue weighted by Crippen LogP contribution is 2.33. The molecule has 43 heavy (non-hydrogen) atoms. The van der Waals surface area contributed by atoms with E-state index >= 15 is 0 Å². The van der Waals surface area contributed by atoms with Gasteiger partial charge in [0.2, 0.25) is 0 Å². The Kier molecular flexibility index (Phi) is 8.39. The van der Waals surface area contributed by atoms with E-state index in [4.69, 9.17) is 5.73 Å². The van der Waals surface area contributed by atoms with E-state index in [0.29, 0.717) is 0 Å². The van der Waals surface area contributed by atoms with E-state index in [-0.39, 0.29) is 12.1 Å². The lowest BCUT2D eigenvalue weighted by Gasteiger charge is -2.25. The van der Waals surface area contributed by atoms with Crippen molar-refractivity contribution in [3.63, 3.8) is 0 Å². The number of dihydropyridines is 1. The van der Waals surface area contributed by atoms with Crippen molar-refractivity contribution < 1.29 is 0 Å². The number of aryl methyl sites for hydroxylation is 1. The van der Waals surface area contributed by atoms with Gasteiger partial charge in [-0.3, -0.25) is 19.9 Å². The molecule has 0 bridgehead atoms. The normalized spacial score (nSPS) is 15.9. The van der Waals surface area contributed by atoms with E-state index in [1.807, 2.05) is 91.3 Å². The predicted octanol–water partition coefficient (Wildman–Crippen LogP) is 7.14. The molecule has 1 aliphatic rings. The molecule has 0 radical (unpaired) electrons. The van der Waals surface area contributed by atoms with Crippen LogP contribution in [0.5, 0.6) is 0 Å². The second-order valence-corrected chi connectivity index (χ2v) is 10.3. The Hall–Kier alpha value is -5.46. The van der Waals surface area contributed by atoms with Crippen molar-refractivity contribution in [3.05, 3.63) is 180 Å². The molecule has 5 heterocycles. The summed E-state index contributed by atoms with van der Waals surface area (Å²) in [7, 11) is 0. The maximum atomic E-state index is 6.65. The highest BCUT2D eigenvalue weighted by molar-refractivity contribution is 5.88. The summed E-state index contributed by atoms with van der Waals surface area (Å²) >= 11 is 0. The van der Waals surface area contributed by atoms with Gasteiger partial charge in [-0.1, -0.05) is 48.6 Å². The maximum absolute atomic E-state index is 6.65. The summed E-state index contributed by atoms with van der Waals surface area (Å²) in [6.45, 7) is 2.12. The van der Waals surface area contributed by atoms with E-state index in [9.17, 15) is 0 Å². The Morgan fingerprint density at radius 2 is 1.56 bits per heavy atom. The molecule has 1 aromatic carbocycles. The lowest BCUT2D eigenvalue weighted by Crippen LogP contribution is -2.23. The molecule has 4 aromatic heterocycles. The molecule has 0 saturated heterocycles. The zero-order valence-electron chi connectivity index (χ0n) is 23.9. The summed E-state index contributed by atoms with van der Waals surface area (Å²) in [5.41, 5.74) is 16.4. The predicted molar refractivity (Wildman–Crippen MR) is 174 cm³/mol. The van der Waals surface area contributed by atoms with Gasteiger partial charge in [0.1, 0.15) is 0 Å². The van der Waals surface area contributed by atoms with Crippen molar-refractivity contribution in [2.24, 2.45) is 5.73 Å². The SMILES string of the molecule is Cc1cc(C2=CC(c3ccccn3)NC(c3ccccn3)=C2)cc(C(/C=C/c2ccccn2)=C/C(N)c2ccccn2)c1. The average Bonchev–Trinajstić information content (AvgIpc) is 3.07. The number of rotatable bonds is 8. The Morgan fingerprint density at radius 3 is 2.26 bits per heavy atom. The first kappa shape index (κ1) is 27.7. The fraction of sp³-hybridized carbons (Fsp3) is 0.0811. The van der Waals surface area contributed by atoms with Crippen LogP contribution in [0.4, 0.5) is 0 Å². The number of aromatic nitrogens is 4. The van der Waals surface area contributed by atoms with Crippen molar-refractivity contribution in [1.82, 2.24) is 25.3 Å². The quantitative estimate of drug-likeness (QED) is 0.196. The number of benzene rings is 1. The van der Waals surface area contributed by atoms with Crippen LogP contribution in [0.2, 0.25) is 0 Å². The molecule has 6 heteroatoms. The van der Waals surface area contributed by atoms with Gasteiger partial charge in [0, 0.05) is 24.8 Å². The number of nitrogens with zero attached hydrogens (tertiary/aromatic N) is 4. The zero-order chi connectivity index (χ0) is 29.4. The van der Waals surface area contributed by atoms with Crippen molar-refractivity contribution >= 4 is 22.9 Å². The molecule has 0 spiro atoms. The molecule has 6 rings (SSSR count). The van der Waals surface area contributed by atoms with Crippen molar-refractivity contribution in [3.8, 4) is 0 Å². The summed E-state index contributed by atoms with van der Waals surface area (Å²) in [4.78, 5) is 18.2. The molecule has 0 aliphatic carbocycles. The monoisotopic (exact) mass is 560 g/mol. The first-order valence-electron chi connectivity index (χ1n) is 14.2. The van der Waals surface area contributed by atoms with E-state index in [1.165, 1.54) is 0 Å². The second-order valence-electron chi connectivity index (χ2n) is 10.3. The van der Waals surface area contributed by atoms with Crippen LogP contribution in [0.25, 0.3) is 22.9 Å². The molecule has 3 N–H and O–H groups in total. The molecule has 5 aromatic rings. The van der Waals surface area contributed by atoms with E-state index in [0.717, 1.165) is 56.3 Å². The van der Waals surface area contributed by atoms with Gasteiger partial charge < -0.3 is 11.1 Å². The van der Waals surface area contributed by atoms with Crippen LogP contribution >= 0.6 is 0 Å². The standard InChI is InChI=1S/C37H32N6/c1-26-20-28(27(14-15-31-10-2-6-16-39-31)23-32(38)33-11-3-7-17-40-33)22-29(21-26)30-24-36(34-12-4-8-18-41-34)43-37(25-30)35-13-5-9-19-42-35/h2-25,32,36,43H,38H2,1H3/b15-14+,27-23+. The smallest absolute Gasteiger partial charge is 0.0879 e. The molecule has 210 valence electrons. The Balaban J connectivity index is 1.44. The molecule has 2 unspecified atom stereocenters. The minimum absolute atomic E-state index is 0.112. The van der Waals surface area contributed by atoms with E-state index in [1.54, 1.807) is 12.4 Å². The van der Waals surface area contributed by atoms with Gasteiger partial charge in [-0.2, -0.15) is 0 Å². The molecule has 0 fully saturated rings. The van der Waals surface area contributed by atoms with E-state index in [2.05, 4.69) is 74.7 Å². The minimum Gasteiger partial charge on any atom is -0.371 e.